The molecule has 2 saturated heterocycles. The molecule has 0 spiro atoms. The number of aliphatic hydroxyl groups is 8. The van der Waals surface area contributed by atoms with Gasteiger partial charge in [0.1, 0.15) is 61.0 Å². The first kappa shape index (κ1) is 21.0. The van der Waals surface area contributed by atoms with Crippen LogP contribution in [0.4, 0.5) is 0 Å². The summed E-state index contributed by atoms with van der Waals surface area (Å²) in [6.07, 6.45) is -13.7. The van der Waals surface area contributed by atoms with E-state index < -0.39 is 74.3 Å². The number of hydrogen-bond donors (Lipinski definition) is 8. The number of rotatable bonds is 2. The summed E-state index contributed by atoms with van der Waals surface area (Å²) in [6.45, 7) is -1.17. The largest absolute Gasteiger partial charge is 0.394 e. The normalized spacial score (nSPS) is 45.8. The Labute approximate surface area is 149 Å². The van der Waals surface area contributed by atoms with Crippen LogP contribution in [0, 0.1) is 23.7 Å². The van der Waals surface area contributed by atoms with Crippen molar-refractivity contribution < 1.29 is 50.3 Å². The zero-order valence-electron chi connectivity index (χ0n) is 13.6. The van der Waals surface area contributed by atoms with Crippen LogP contribution in [0.25, 0.3) is 0 Å². The molecule has 2 aliphatic heterocycles. The third-order valence-corrected chi connectivity index (χ3v) is 4.28. The average molecular weight is 374 g/mol. The molecule has 2 heterocycles. The maximum atomic E-state index is 9.82. The van der Waals surface area contributed by atoms with E-state index in [1.807, 2.05) is 0 Å². The lowest BCUT2D eigenvalue weighted by Gasteiger charge is -2.38. The zero-order chi connectivity index (χ0) is 19.4. The van der Waals surface area contributed by atoms with Crippen LogP contribution in [0.1, 0.15) is 0 Å². The predicted octanol–water partition coefficient (Wildman–Crippen LogP) is -5.32. The summed E-state index contributed by atoms with van der Waals surface area (Å²) >= 11 is 0. The minimum Gasteiger partial charge on any atom is -0.394 e. The quantitative estimate of drug-likeness (QED) is 0.217. The molecule has 0 aromatic carbocycles. The molecule has 8 N–H and O–H groups in total. The van der Waals surface area contributed by atoms with Gasteiger partial charge in [0.2, 0.25) is 0 Å². The maximum Gasteiger partial charge on any atom is 0.148 e. The van der Waals surface area contributed by atoms with E-state index in [1.165, 1.54) is 0 Å². The van der Waals surface area contributed by atoms with Gasteiger partial charge in [0, 0.05) is 0 Å². The first-order chi connectivity index (χ1) is 12.3. The van der Waals surface area contributed by atoms with Gasteiger partial charge in [-0.15, -0.1) is 0 Å². The van der Waals surface area contributed by atoms with Crippen molar-refractivity contribution in [1.29, 1.82) is 0 Å². The molecule has 0 saturated carbocycles. The van der Waals surface area contributed by atoms with Gasteiger partial charge < -0.3 is 50.3 Å². The molecule has 10 atom stereocenters. The van der Waals surface area contributed by atoms with Crippen LogP contribution in [0.3, 0.4) is 0 Å². The van der Waals surface area contributed by atoms with Crippen molar-refractivity contribution in [3.8, 4) is 23.7 Å². The summed E-state index contributed by atoms with van der Waals surface area (Å²) in [5.41, 5.74) is 0. The van der Waals surface area contributed by atoms with Gasteiger partial charge >= 0.3 is 0 Å². The van der Waals surface area contributed by atoms with Gasteiger partial charge in [0.05, 0.1) is 13.2 Å². The van der Waals surface area contributed by atoms with E-state index in [4.69, 9.17) is 19.7 Å². The Morgan fingerprint density at radius 2 is 0.885 bits per heavy atom. The van der Waals surface area contributed by atoms with Crippen LogP contribution in [-0.2, 0) is 9.47 Å². The molecule has 0 aromatic rings. The van der Waals surface area contributed by atoms with Crippen LogP contribution in [-0.4, -0.2) is 115 Å². The fraction of sp³-hybridized carbons (Fsp3) is 0.750. The monoisotopic (exact) mass is 374 g/mol. The van der Waals surface area contributed by atoms with Gasteiger partial charge in [-0.05, 0) is 11.8 Å². The van der Waals surface area contributed by atoms with Crippen LogP contribution in [0.5, 0.6) is 0 Å². The molecular formula is C16H22O10. The summed E-state index contributed by atoms with van der Waals surface area (Å²) in [7, 11) is 0. The SMILES string of the molecule is OC[C@H]1O[C@H](C#CC#C[C@H]2O[C@H](CO)[C@@H](O)[C@H](O)[C@@H]2O)[C@@H](O)[C@@H](O)C1O. The number of ether oxygens (including phenoxy) is 2. The van der Waals surface area contributed by atoms with Crippen molar-refractivity contribution in [1.82, 2.24) is 0 Å². The second-order valence-electron chi connectivity index (χ2n) is 6.04. The van der Waals surface area contributed by atoms with Gasteiger partial charge in [-0.25, -0.2) is 0 Å². The molecule has 1 unspecified atom stereocenters. The summed E-state index contributed by atoms with van der Waals surface area (Å²) in [5.74, 6) is 9.47. The molecule has 0 aromatic heterocycles. The van der Waals surface area contributed by atoms with Crippen LogP contribution in [0.2, 0.25) is 0 Å². The molecule has 10 heteroatoms. The topological polar surface area (TPSA) is 180 Å². The maximum absolute atomic E-state index is 9.82. The third kappa shape index (κ3) is 4.34. The summed E-state index contributed by atoms with van der Waals surface area (Å²) in [5, 5.41) is 76.4. The standard InChI is InChI=1S/C16H22O10/c17-5-9-13(21)15(23)11(19)7(25-9)3-1-2-4-8-12(20)16(24)14(22)10(6-18)26-8/h7-24H,5-6H2/t7-,8-,9-,10-,11-,12-,13-,14?,15-,16-/m1/s1. The van der Waals surface area contributed by atoms with Gasteiger partial charge in [-0.2, -0.15) is 0 Å². The number of hydrogen-bond acceptors (Lipinski definition) is 10. The van der Waals surface area contributed by atoms with Crippen LogP contribution in [0.15, 0.2) is 0 Å². The van der Waals surface area contributed by atoms with E-state index in [2.05, 4.69) is 23.7 Å². The molecule has 2 fully saturated rings. The van der Waals surface area contributed by atoms with Crippen molar-refractivity contribution in [3.63, 3.8) is 0 Å². The molecule has 0 aliphatic carbocycles. The lowest BCUT2D eigenvalue weighted by molar-refractivity contribution is -0.214. The highest BCUT2D eigenvalue weighted by molar-refractivity contribution is 5.30. The highest BCUT2D eigenvalue weighted by atomic mass is 16.5. The van der Waals surface area contributed by atoms with Gasteiger partial charge in [0.15, 0.2) is 0 Å². The van der Waals surface area contributed by atoms with E-state index in [1.54, 1.807) is 0 Å². The molecule has 0 bridgehead atoms. The predicted molar refractivity (Wildman–Crippen MR) is 83.1 cm³/mol. The lowest BCUT2D eigenvalue weighted by atomic mass is 9.95. The second kappa shape index (κ2) is 9.08. The van der Waals surface area contributed by atoms with Crippen molar-refractivity contribution in [2.45, 2.75) is 61.0 Å². The van der Waals surface area contributed by atoms with Gasteiger partial charge in [0.25, 0.3) is 0 Å². The van der Waals surface area contributed by atoms with Gasteiger partial charge in [-0.3, -0.25) is 0 Å². The Bertz CT molecular complexity index is 533. The van der Waals surface area contributed by atoms with E-state index in [0.29, 0.717) is 0 Å². The minimum absolute atomic E-state index is 0.584. The molecule has 10 nitrogen and oxygen atoms in total. The molecule has 0 amide bonds. The van der Waals surface area contributed by atoms with Gasteiger partial charge in [-0.1, -0.05) is 11.8 Å². The molecule has 26 heavy (non-hydrogen) atoms. The average Bonchev–Trinajstić information content (AvgIpc) is 2.64. The summed E-state index contributed by atoms with van der Waals surface area (Å²) < 4.78 is 10.3. The summed E-state index contributed by atoms with van der Waals surface area (Å²) in [6, 6.07) is 0. The van der Waals surface area contributed by atoms with Crippen molar-refractivity contribution in [3.05, 3.63) is 0 Å². The van der Waals surface area contributed by atoms with Crippen molar-refractivity contribution in [2.24, 2.45) is 0 Å². The fourth-order valence-corrected chi connectivity index (χ4v) is 2.66. The summed E-state index contributed by atoms with van der Waals surface area (Å²) in [4.78, 5) is 0. The molecule has 2 rings (SSSR count). The lowest BCUT2D eigenvalue weighted by Crippen LogP contribution is -2.58. The third-order valence-electron chi connectivity index (χ3n) is 4.28. The van der Waals surface area contributed by atoms with Crippen LogP contribution >= 0.6 is 0 Å². The Morgan fingerprint density at radius 3 is 1.19 bits per heavy atom. The zero-order valence-corrected chi connectivity index (χ0v) is 13.6. The Kier molecular flexibility index (Phi) is 7.34. The highest BCUT2D eigenvalue weighted by Crippen LogP contribution is 2.21. The molecule has 2 aliphatic rings. The Balaban J connectivity index is 2.05. The fourth-order valence-electron chi connectivity index (χ4n) is 2.66. The van der Waals surface area contributed by atoms with E-state index in [-0.39, 0.29) is 0 Å². The van der Waals surface area contributed by atoms with Crippen LogP contribution < -0.4 is 0 Å². The second-order valence-corrected chi connectivity index (χ2v) is 6.04. The molecular weight excluding hydrogens is 352 g/mol. The van der Waals surface area contributed by atoms with Crippen molar-refractivity contribution >= 4 is 0 Å². The van der Waals surface area contributed by atoms with E-state index in [0.717, 1.165) is 0 Å². The number of aliphatic hydroxyl groups excluding tert-OH is 8. The smallest absolute Gasteiger partial charge is 0.148 e. The highest BCUT2D eigenvalue weighted by Gasteiger charge is 2.43. The first-order valence-corrected chi connectivity index (χ1v) is 7.93. The molecule has 0 radical (unpaired) electrons. The first-order valence-electron chi connectivity index (χ1n) is 7.93. The minimum atomic E-state index is -1.56. The Morgan fingerprint density at radius 1 is 0.538 bits per heavy atom. The Hall–Kier alpha value is -1.28. The van der Waals surface area contributed by atoms with E-state index in [9.17, 15) is 30.6 Å². The van der Waals surface area contributed by atoms with E-state index >= 15 is 0 Å². The molecule has 146 valence electrons. The van der Waals surface area contributed by atoms with Crippen molar-refractivity contribution in [2.75, 3.05) is 13.2 Å².